The van der Waals surface area contributed by atoms with Gasteiger partial charge in [-0.3, -0.25) is 0 Å². The van der Waals surface area contributed by atoms with Crippen LogP contribution in [0, 0.1) is 0 Å². The van der Waals surface area contributed by atoms with Crippen LogP contribution in [0.1, 0.15) is 17.9 Å². The number of nitrogens with zero attached hydrogens (tertiary/aromatic N) is 2. The zero-order valence-electron chi connectivity index (χ0n) is 11.4. The van der Waals surface area contributed by atoms with Gasteiger partial charge in [-0.15, -0.1) is 0 Å². The van der Waals surface area contributed by atoms with E-state index < -0.39 is 0 Å². The molecule has 2 N–H and O–H groups in total. The fourth-order valence-corrected chi connectivity index (χ4v) is 2.04. The second-order valence-electron chi connectivity index (χ2n) is 4.53. The summed E-state index contributed by atoms with van der Waals surface area (Å²) < 4.78 is 7.80. The summed E-state index contributed by atoms with van der Waals surface area (Å²) in [5.74, 6) is 2.02. The van der Waals surface area contributed by atoms with Gasteiger partial charge in [0.15, 0.2) is 0 Å². The Morgan fingerprint density at radius 1 is 1.21 bits per heavy atom. The van der Waals surface area contributed by atoms with Crippen LogP contribution in [0.25, 0.3) is 0 Å². The molecule has 0 unspecified atom stereocenters. The van der Waals surface area contributed by atoms with Crippen molar-refractivity contribution in [1.82, 2.24) is 9.55 Å². The molecule has 0 radical (unpaired) electrons. The highest BCUT2D eigenvalue weighted by Gasteiger charge is 2.05. The van der Waals surface area contributed by atoms with Crippen molar-refractivity contribution >= 4 is 0 Å². The van der Waals surface area contributed by atoms with E-state index in [-0.39, 0.29) is 0 Å². The van der Waals surface area contributed by atoms with E-state index >= 15 is 0 Å². The van der Waals surface area contributed by atoms with Crippen molar-refractivity contribution in [3.05, 3.63) is 48.0 Å². The van der Waals surface area contributed by atoms with Crippen molar-refractivity contribution in [3.63, 3.8) is 0 Å². The maximum Gasteiger partial charge on any atom is 0.119 e. The van der Waals surface area contributed by atoms with Gasteiger partial charge in [-0.1, -0.05) is 18.2 Å². The molecule has 19 heavy (non-hydrogen) atoms. The van der Waals surface area contributed by atoms with Crippen LogP contribution in [0.3, 0.4) is 0 Å². The molecule has 0 aliphatic rings. The number of hydrogen-bond acceptors (Lipinski definition) is 3. The van der Waals surface area contributed by atoms with Crippen LogP contribution in [0.4, 0.5) is 0 Å². The maximum absolute atomic E-state index is 5.66. The molecule has 0 aliphatic heterocycles. The van der Waals surface area contributed by atoms with Gasteiger partial charge in [0.1, 0.15) is 11.6 Å². The zero-order valence-corrected chi connectivity index (χ0v) is 11.4. The predicted molar refractivity (Wildman–Crippen MR) is 76.2 cm³/mol. The average molecular weight is 259 g/mol. The minimum absolute atomic E-state index is 0.663. The number of ether oxygens (including phenoxy) is 1. The molecular formula is C15H21N3O. The third-order valence-corrected chi connectivity index (χ3v) is 3.14. The Kier molecular flexibility index (Phi) is 4.98. The number of benzene rings is 1. The van der Waals surface area contributed by atoms with E-state index in [1.807, 2.05) is 43.6 Å². The molecule has 0 aliphatic carbocycles. The monoisotopic (exact) mass is 259 g/mol. The number of aryl methyl sites for hydroxylation is 1. The van der Waals surface area contributed by atoms with Crippen LogP contribution < -0.4 is 10.5 Å². The zero-order chi connectivity index (χ0) is 13.5. The Bertz CT molecular complexity index is 493. The van der Waals surface area contributed by atoms with Crippen LogP contribution in [-0.4, -0.2) is 22.7 Å². The summed E-state index contributed by atoms with van der Waals surface area (Å²) in [4.78, 5) is 4.43. The Balaban J connectivity index is 1.77. The maximum atomic E-state index is 5.66. The minimum Gasteiger partial charge on any atom is -0.494 e. The lowest BCUT2D eigenvalue weighted by atomic mass is 10.3. The standard InChI is InChI=1S/C15H21N3O/c1-18-13(9-10-16)12-17-15(18)8-5-11-19-14-6-3-2-4-7-14/h2-4,6-7,12H,5,8-11,16H2,1H3. The first kappa shape index (κ1) is 13.6. The second-order valence-corrected chi connectivity index (χ2v) is 4.53. The summed E-state index contributed by atoms with van der Waals surface area (Å²) in [6.07, 6.45) is 4.68. The van der Waals surface area contributed by atoms with Gasteiger partial charge in [0, 0.05) is 31.8 Å². The van der Waals surface area contributed by atoms with Crippen molar-refractivity contribution in [2.75, 3.05) is 13.2 Å². The first-order chi connectivity index (χ1) is 9.31. The summed E-state index contributed by atoms with van der Waals surface area (Å²) in [5.41, 5.74) is 6.76. The molecular weight excluding hydrogens is 238 g/mol. The van der Waals surface area contributed by atoms with Crippen molar-refractivity contribution in [2.24, 2.45) is 12.8 Å². The highest BCUT2D eigenvalue weighted by molar-refractivity contribution is 5.20. The van der Waals surface area contributed by atoms with Crippen LogP contribution in [0.5, 0.6) is 5.75 Å². The number of nitrogens with two attached hydrogens (primary N) is 1. The van der Waals surface area contributed by atoms with E-state index in [1.165, 1.54) is 5.69 Å². The third kappa shape index (κ3) is 3.83. The molecule has 102 valence electrons. The molecule has 1 heterocycles. The van der Waals surface area contributed by atoms with E-state index in [9.17, 15) is 0 Å². The number of rotatable bonds is 7. The fraction of sp³-hybridized carbons (Fsp3) is 0.400. The predicted octanol–water partition coefficient (Wildman–Crippen LogP) is 1.93. The van der Waals surface area contributed by atoms with Crippen LogP contribution >= 0.6 is 0 Å². The normalized spacial score (nSPS) is 10.6. The summed E-state index contributed by atoms with van der Waals surface area (Å²) >= 11 is 0. The van der Waals surface area contributed by atoms with Gasteiger partial charge in [0.25, 0.3) is 0 Å². The molecule has 0 spiro atoms. The molecule has 2 aromatic rings. The third-order valence-electron chi connectivity index (χ3n) is 3.14. The molecule has 0 fully saturated rings. The number of imidazole rings is 1. The van der Waals surface area contributed by atoms with E-state index in [0.717, 1.165) is 30.8 Å². The Labute approximate surface area is 114 Å². The van der Waals surface area contributed by atoms with Crippen LogP contribution in [0.15, 0.2) is 36.5 Å². The lowest BCUT2D eigenvalue weighted by molar-refractivity contribution is 0.309. The lowest BCUT2D eigenvalue weighted by Crippen LogP contribution is -2.09. The molecule has 2 rings (SSSR count). The number of para-hydroxylation sites is 1. The first-order valence-corrected chi connectivity index (χ1v) is 6.68. The van der Waals surface area contributed by atoms with E-state index in [4.69, 9.17) is 10.5 Å². The lowest BCUT2D eigenvalue weighted by Gasteiger charge is -2.07. The van der Waals surface area contributed by atoms with Crippen LogP contribution in [0.2, 0.25) is 0 Å². The second kappa shape index (κ2) is 6.95. The van der Waals surface area contributed by atoms with Crippen molar-refractivity contribution in [2.45, 2.75) is 19.3 Å². The Morgan fingerprint density at radius 3 is 2.74 bits per heavy atom. The molecule has 4 nitrogen and oxygen atoms in total. The average Bonchev–Trinajstić information content (AvgIpc) is 2.78. The summed E-state index contributed by atoms with van der Waals surface area (Å²) in [5, 5.41) is 0. The van der Waals surface area contributed by atoms with Crippen molar-refractivity contribution in [1.29, 1.82) is 0 Å². The van der Waals surface area contributed by atoms with Gasteiger partial charge in [-0.25, -0.2) is 4.98 Å². The molecule has 0 atom stereocenters. The molecule has 0 saturated carbocycles. The van der Waals surface area contributed by atoms with E-state index in [0.29, 0.717) is 13.2 Å². The van der Waals surface area contributed by atoms with Gasteiger partial charge in [-0.2, -0.15) is 0 Å². The highest BCUT2D eigenvalue weighted by Crippen LogP contribution is 2.10. The topological polar surface area (TPSA) is 53.1 Å². The number of aromatic nitrogens is 2. The van der Waals surface area contributed by atoms with E-state index in [1.54, 1.807) is 0 Å². The summed E-state index contributed by atoms with van der Waals surface area (Å²) in [7, 11) is 2.05. The minimum atomic E-state index is 0.663. The van der Waals surface area contributed by atoms with Crippen LogP contribution in [-0.2, 0) is 19.9 Å². The van der Waals surface area contributed by atoms with Crippen molar-refractivity contribution in [3.8, 4) is 5.75 Å². The van der Waals surface area contributed by atoms with Gasteiger partial charge in [0.05, 0.1) is 6.61 Å². The van der Waals surface area contributed by atoms with Gasteiger partial charge in [0.2, 0.25) is 0 Å². The molecule has 1 aromatic heterocycles. The smallest absolute Gasteiger partial charge is 0.119 e. The van der Waals surface area contributed by atoms with Crippen molar-refractivity contribution < 1.29 is 4.74 Å². The highest BCUT2D eigenvalue weighted by atomic mass is 16.5. The summed E-state index contributed by atoms with van der Waals surface area (Å²) in [6, 6.07) is 9.89. The largest absolute Gasteiger partial charge is 0.494 e. The van der Waals surface area contributed by atoms with E-state index in [2.05, 4.69) is 9.55 Å². The summed E-state index contributed by atoms with van der Waals surface area (Å²) in [6.45, 7) is 1.37. The van der Waals surface area contributed by atoms with Gasteiger partial charge in [-0.05, 0) is 25.1 Å². The van der Waals surface area contributed by atoms with Gasteiger partial charge >= 0.3 is 0 Å². The molecule has 0 amide bonds. The molecule has 4 heteroatoms. The Morgan fingerprint density at radius 2 is 2.00 bits per heavy atom. The molecule has 0 bridgehead atoms. The quantitative estimate of drug-likeness (QED) is 0.773. The molecule has 1 aromatic carbocycles. The van der Waals surface area contributed by atoms with Gasteiger partial charge < -0.3 is 15.0 Å². The Hall–Kier alpha value is -1.81. The number of hydrogen-bond donors (Lipinski definition) is 1. The molecule has 0 saturated heterocycles. The first-order valence-electron chi connectivity index (χ1n) is 6.68. The SMILES string of the molecule is Cn1c(CCN)cnc1CCCOc1ccccc1. The fourth-order valence-electron chi connectivity index (χ4n) is 2.04.